The van der Waals surface area contributed by atoms with Crippen LogP contribution in [0.3, 0.4) is 0 Å². The van der Waals surface area contributed by atoms with Gasteiger partial charge < -0.3 is 4.90 Å². The monoisotopic (exact) mass is 406 g/mol. The third-order valence-electron chi connectivity index (χ3n) is 3.62. The number of allylic oxidation sites excluding steroid dienone is 1. The predicted octanol–water partition coefficient (Wildman–Crippen LogP) is 5.74. The van der Waals surface area contributed by atoms with Gasteiger partial charge in [-0.25, -0.2) is 0 Å². The molecule has 0 N–H and O–H groups in total. The van der Waals surface area contributed by atoms with Gasteiger partial charge in [-0.15, -0.1) is 0 Å². The number of thioether (sulfide) groups is 1. The summed E-state index contributed by atoms with van der Waals surface area (Å²) in [5.41, 5.74) is 0.858. The summed E-state index contributed by atoms with van der Waals surface area (Å²) in [6, 6.07) is 9.79. The summed E-state index contributed by atoms with van der Waals surface area (Å²) < 4.78 is -0.293. The van der Waals surface area contributed by atoms with Crippen molar-refractivity contribution in [1.29, 1.82) is 0 Å². The van der Waals surface area contributed by atoms with Crippen molar-refractivity contribution in [1.82, 2.24) is 4.90 Å². The molecular formula is C16H17Cl3N2O2S. The Bertz CT molecular complexity index is 640. The minimum absolute atomic E-state index is 0.218. The molecule has 0 aromatic heterocycles. The van der Waals surface area contributed by atoms with Gasteiger partial charge in [-0.1, -0.05) is 76.9 Å². The normalized spacial score (nSPS) is 15.7. The third-order valence-corrected chi connectivity index (χ3v) is 5.76. The molecule has 0 spiro atoms. The number of halogens is 3. The van der Waals surface area contributed by atoms with Crippen LogP contribution in [-0.2, 0) is 5.75 Å². The summed E-state index contributed by atoms with van der Waals surface area (Å²) in [4.78, 5) is 13.1. The lowest BCUT2D eigenvalue weighted by atomic mass is 10.1. The number of likely N-dealkylation sites (tertiary alicyclic amines) is 1. The first-order valence-corrected chi connectivity index (χ1v) is 9.64. The summed E-state index contributed by atoms with van der Waals surface area (Å²) in [6.07, 6.45) is 3.12. The first-order valence-electron chi connectivity index (χ1n) is 7.52. The van der Waals surface area contributed by atoms with Crippen LogP contribution in [0.2, 0.25) is 0 Å². The maximum absolute atomic E-state index is 11.6. The molecule has 0 atom stereocenters. The highest BCUT2D eigenvalue weighted by Crippen LogP contribution is 2.36. The second-order valence-corrected chi connectivity index (χ2v) is 7.60. The topological polar surface area (TPSA) is 46.4 Å². The molecule has 1 aliphatic rings. The second-order valence-electron chi connectivity index (χ2n) is 5.31. The smallest absolute Gasteiger partial charge is 0.319 e. The van der Waals surface area contributed by atoms with Gasteiger partial charge in [0.15, 0.2) is 10.1 Å². The Morgan fingerprint density at radius 3 is 2.29 bits per heavy atom. The van der Waals surface area contributed by atoms with Crippen molar-refractivity contribution in [3.05, 3.63) is 66.3 Å². The Kier molecular flexibility index (Phi) is 7.75. The lowest BCUT2D eigenvalue weighted by Crippen LogP contribution is -2.30. The van der Waals surface area contributed by atoms with Crippen molar-refractivity contribution in [2.24, 2.45) is 0 Å². The molecule has 2 rings (SSSR count). The lowest BCUT2D eigenvalue weighted by Gasteiger charge is -2.30. The van der Waals surface area contributed by atoms with E-state index < -0.39 is 4.92 Å². The number of benzene rings is 1. The van der Waals surface area contributed by atoms with E-state index in [0.29, 0.717) is 10.8 Å². The summed E-state index contributed by atoms with van der Waals surface area (Å²) in [5, 5.41) is 11.9. The van der Waals surface area contributed by atoms with Crippen LogP contribution in [0.5, 0.6) is 0 Å². The van der Waals surface area contributed by atoms with Gasteiger partial charge in [0.05, 0.1) is 4.92 Å². The van der Waals surface area contributed by atoms with E-state index in [2.05, 4.69) is 0 Å². The summed E-state index contributed by atoms with van der Waals surface area (Å²) in [5.74, 6) is 0.605. The largest absolute Gasteiger partial charge is 0.361 e. The second kappa shape index (κ2) is 9.56. The van der Waals surface area contributed by atoms with Crippen molar-refractivity contribution < 1.29 is 4.92 Å². The number of nitro groups is 1. The highest BCUT2D eigenvalue weighted by Gasteiger charge is 2.30. The molecule has 24 heavy (non-hydrogen) atoms. The number of piperidine rings is 1. The highest BCUT2D eigenvalue weighted by atomic mass is 35.5. The number of nitrogens with zero attached hydrogens (tertiary/aromatic N) is 2. The zero-order chi connectivity index (χ0) is 17.5. The zero-order valence-corrected chi connectivity index (χ0v) is 16.0. The Labute approximate surface area is 160 Å². The van der Waals surface area contributed by atoms with E-state index in [1.54, 1.807) is 0 Å². The Morgan fingerprint density at radius 1 is 1.12 bits per heavy atom. The standard InChI is InChI=1S/C16H17Cl3N2O2S/c17-13(15(18)19)14(21(22)23)16(20-9-5-2-6-10-20)24-11-12-7-3-1-4-8-12/h1,3-4,7-8H,2,5-6,9-11H2/b16-14-. The zero-order valence-electron chi connectivity index (χ0n) is 12.9. The first kappa shape index (κ1) is 19.4. The van der Waals surface area contributed by atoms with Crippen LogP contribution in [0.25, 0.3) is 0 Å². The van der Waals surface area contributed by atoms with Crippen molar-refractivity contribution >= 4 is 46.6 Å². The van der Waals surface area contributed by atoms with Crippen molar-refractivity contribution in [3.8, 4) is 0 Å². The van der Waals surface area contributed by atoms with Crippen molar-refractivity contribution in [2.75, 3.05) is 13.1 Å². The summed E-state index contributed by atoms with van der Waals surface area (Å²) in [6.45, 7) is 1.52. The van der Waals surface area contributed by atoms with E-state index >= 15 is 0 Å². The number of rotatable bonds is 6. The van der Waals surface area contributed by atoms with Crippen LogP contribution in [0, 0.1) is 10.1 Å². The van der Waals surface area contributed by atoms with E-state index in [9.17, 15) is 10.1 Å². The maximum atomic E-state index is 11.6. The van der Waals surface area contributed by atoms with Gasteiger partial charge in [-0.2, -0.15) is 0 Å². The maximum Gasteiger partial charge on any atom is 0.319 e. The van der Waals surface area contributed by atoms with E-state index in [1.165, 1.54) is 11.8 Å². The minimum atomic E-state index is -0.505. The Hall–Kier alpha value is -0.880. The van der Waals surface area contributed by atoms with Gasteiger partial charge in [0.1, 0.15) is 4.49 Å². The number of hydrogen-bond donors (Lipinski definition) is 0. The molecule has 4 nitrogen and oxygen atoms in total. The molecule has 1 fully saturated rings. The average molecular weight is 408 g/mol. The average Bonchev–Trinajstić information content (AvgIpc) is 2.59. The van der Waals surface area contributed by atoms with E-state index in [4.69, 9.17) is 34.8 Å². The molecule has 1 aromatic carbocycles. The van der Waals surface area contributed by atoms with E-state index in [0.717, 1.165) is 37.9 Å². The highest BCUT2D eigenvalue weighted by molar-refractivity contribution is 8.02. The molecular weight excluding hydrogens is 391 g/mol. The SMILES string of the molecule is O=[N+]([O-])/C(C(Cl)=C(Cl)Cl)=C(\SCc1ccccc1)N1CCCCC1. The van der Waals surface area contributed by atoms with Gasteiger partial charge in [0, 0.05) is 18.8 Å². The molecule has 0 amide bonds. The minimum Gasteiger partial charge on any atom is -0.361 e. The lowest BCUT2D eigenvalue weighted by molar-refractivity contribution is -0.421. The van der Waals surface area contributed by atoms with Gasteiger partial charge in [-0.05, 0) is 24.8 Å². The molecule has 0 aliphatic carbocycles. The van der Waals surface area contributed by atoms with Crippen LogP contribution in [0.4, 0.5) is 0 Å². The molecule has 1 heterocycles. The number of hydrogen-bond acceptors (Lipinski definition) is 4. The molecule has 0 bridgehead atoms. The predicted molar refractivity (Wildman–Crippen MR) is 102 cm³/mol. The summed E-state index contributed by atoms with van der Waals surface area (Å²) >= 11 is 18.9. The molecule has 0 saturated carbocycles. The third kappa shape index (κ3) is 5.31. The van der Waals surface area contributed by atoms with Crippen LogP contribution in [0.1, 0.15) is 24.8 Å². The quantitative estimate of drug-likeness (QED) is 0.343. The fourth-order valence-corrected chi connectivity index (χ4v) is 4.04. The fourth-order valence-electron chi connectivity index (χ4n) is 2.47. The van der Waals surface area contributed by atoms with Crippen molar-refractivity contribution in [2.45, 2.75) is 25.0 Å². The molecule has 8 heteroatoms. The molecule has 1 aliphatic heterocycles. The van der Waals surface area contributed by atoms with Gasteiger partial charge in [0.25, 0.3) is 0 Å². The van der Waals surface area contributed by atoms with Crippen molar-refractivity contribution in [3.63, 3.8) is 0 Å². The van der Waals surface area contributed by atoms with E-state index in [-0.39, 0.29) is 15.2 Å². The Morgan fingerprint density at radius 2 is 1.75 bits per heavy atom. The molecule has 1 aromatic rings. The molecule has 0 unspecified atom stereocenters. The van der Waals surface area contributed by atoms with Crippen LogP contribution >= 0.6 is 46.6 Å². The molecule has 0 radical (unpaired) electrons. The first-order chi connectivity index (χ1) is 11.5. The van der Waals surface area contributed by atoms with Gasteiger partial charge >= 0.3 is 5.70 Å². The van der Waals surface area contributed by atoms with Crippen LogP contribution in [-0.4, -0.2) is 22.9 Å². The van der Waals surface area contributed by atoms with E-state index in [1.807, 2.05) is 35.2 Å². The van der Waals surface area contributed by atoms with Gasteiger partial charge in [0.2, 0.25) is 0 Å². The Balaban J connectivity index is 2.37. The van der Waals surface area contributed by atoms with Crippen LogP contribution in [0.15, 0.2) is 50.6 Å². The van der Waals surface area contributed by atoms with Crippen LogP contribution < -0.4 is 0 Å². The summed E-state index contributed by atoms with van der Waals surface area (Å²) in [7, 11) is 0. The molecule has 1 saturated heterocycles. The fraction of sp³-hybridized carbons (Fsp3) is 0.375. The molecule has 130 valence electrons. The van der Waals surface area contributed by atoms with Gasteiger partial charge in [-0.3, -0.25) is 10.1 Å².